The van der Waals surface area contributed by atoms with Crippen molar-refractivity contribution in [2.45, 2.75) is 31.7 Å². The number of amides is 1. The van der Waals surface area contributed by atoms with Crippen LogP contribution in [0.25, 0.3) is 16.6 Å². The molecule has 0 saturated carbocycles. The van der Waals surface area contributed by atoms with E-state index < -0.39 is 11.4 Å². The second kappa shape index (κ2) is 12.1. The summed E-state index contributed by atoms with van der Waals surface area (Å²) in [6, 6.07) is 31.4. The molecule has 5 rings (SSSR count). The zero-order valence-electron chi connectivity index (χ0n) is 22.3. The Hall–Kier alpha value is -3.93. The number of fused-ring (bicyclic) bond motifs is 1. The summed E-state index contributed by atoms with van der Waals surface area (Å²) in [5.74, 6) is 0.181. The van der Waals surface area contributed by atoms with Gasteiger partial charge in [0.05, 0.1) is 22.6 Å². The third-order valence-corrected chi connectivity index (χ3v) is 8.05. The summed E-state index contributed by atoms with van der Waals surface area (Å²) >= 11 is 13.3. The van der Waals surface area contributed by atoms with Crippen LogP contribution in [0.1, 0.15) is 40.9 Å². The quantitative estimate of drug-likeness (QED) is 0.182. The molecule has 0 bridgehead atoms. The first-order chi connectivity index (χ1) is 19.4. The van der Waals surface area contributed by atoms with E-state index in [0.717, 1.165) is 11.1 Å². The van der Waals surface area contributed by atoms with Gasteiger partial charge in [-0.2, -0.15) is 0 Å². The molecular weight excluding hydrogens is 541 g/mol. The normalized spacial score (nSPS) is 12.7. The van der Waals surface area contributed by atoms with E-state index in [0.29, 0.717) is 46.0 Å². The van der Waals surface area contributed by atoms with Gasteiger partial charge < -0.3 is 4.90 Å². The number of aromatic nitrogens is 2. The van der Waals surface area contributed by atoms with Crippen LogP contribution in [0, 0.1) is 6.92 Å². The van der Waals surface area contributed by atoms with Gasteiger partial charge in [-0.15, -0.1) is 11.6 Å². The van der Waals surface area contributed by atoms with E-state index in [1.165, 1.54) is 0 Å². The SMILES string of the molecule is Cc1c(Cl)cccc1-n1c(C(C)N(CCc2ccccc2)C(=O)C(Cl)c2ccccc2)nc2ccccc2c1=O. The molecule has 40 heavy (non-hydrogen) atoms. The van der Waals surface area contributed by atoms with Gasteiger partial charge in [0.1, 0.15) is 11.2 Å². The Morgan fingerprint density at radius 1 is 0.900 bits per heavy atom. The van der Waals surface area contributed by atoms with Gasteiger partial charge in [0, 0.05) is 11.6 Å². The lowest BCUT2D eigenvalue weighted by Crippen LogP contribution is -2.40. The number of nitrogens with zero attached hydrogens (tertiary/aromatic N) is 3. The van der Waals surface area contributed by atoms with Crippen molar-refractivity contribution in [1.82, 2.24) is 14.5 Å². The number of para-hydroxylation sites is 1. The van der Waals surface area contributed by atoms with E-state index in [2.05, 4.69) is 0 Å². The molecule has 0 fully saturated rings. The van der Waals surface area contributed by atoms with E-state index in [9.17, 15) is 9.59 Å². The van der Waals surface area contributed by atoms with Crippen molar-refractivity contribution in [3.63, 3.8) is 0 Å². The Labute approximate surface area is 243 Å². The van der Waals surface area contributed by atoms with Crippen molar-refractivity contribution in [1.29, 1.82) is 0 Å². The van der Waals surface area contributed by atoms with Crippen LogP contribution in [-0.2, 0) is 11.2 Å². The van der Waals surface area contributed by atoms with Crippen LogP contribution in [0.5, 0.6) is 0 Å². The Morgan fingerprint density at radius 3 is 2.27 bits per heavy atom. The third kappa shape index (κ3) is 5.53. The Kier molecular flexibility index (Phi) is 8.34. The van der Waals surface area contributed by atoms with Crippen LogP contribution in [0.2, 0.25) is 5.02 Å². The maximum atomic E-state index is 14.1. The van der Waals surface area contributed by atoms with Gasteiger partial charge in [-0.05, 0) is 61.2 Å². The molecule has 4 aromatic carbocycles. The molecule has 2 unspecified atom stereocenters. The van der Waals surface area contributed by atoms with Crippen LogP contribution >= 0.6 is 23.2 Å². The fraction of sp³-hybridized carbons (Fsp3) is 0.182. The monoisotopic (exact) mass is 569 g/mol. The molecular formula is C33H29Cl2N3O2. The van der Waals surface area contributed by atoms with Crippen molar-refractivity contribution in [3.8, 4) is 5.69 Å². The first-order valence-corrected chi connectivity index (χ1v) is 14.0. The minimum atomic E-state index is -0.895. The largest absolute Gasteiger partial charge is 0.331 e. The number of carbonyl (C=O) groups is 1. The standard InChI is InChI=1S/C33H29Cl2N3O2/c1-22-27(34)17-11-19-29(22)38-31(36-28-18-10-9-16-26(28)32(38)39)23(2)37(21-20-24-12-5-3-6-13-24)33(40)30(35)25-14-7-4-8-15-25/h3-19,23,30H,20-21H2,1-2H3. The fourth-order valence-electron chi connectivity index (χ4n) is 4.94. The number of rotatable bonds is 8. The molecule has 1 heterocycles. The highest BCUT2D eigenvalue weighted by atomic mass is 35.5. The summed E-state index contributed by atoms with van der Waals surface area (Å²) < 4.78 is 1.59. The Morgan fingerprint density at radius 2 is 1.55 bits per heavy atom. The predicted molar refractivity (Wildman–Crippen MR) is 162 cm³/mol. The number of hydrogen-bond acceptors (Lipinski definition) is 3. The average Bonchev–Trinajstić information content (AvgIpc) is 2.99. The number of halogens is 2. The van der Waals surface area contributed by atoms with Crippen LogP contribution in [-0.4, -0.2) is 26.9 Å². The zero-order chi connectivity index (χ0) is 28.2. The molecule has 2 atom stereocenters. The lowest BCUT2D eigenvalue weighted by atomic mass is 10.1. The summed E-state index contributed by atoms with van der Waals surface area (Å²) in [4.78, 5) is 34.7. The molecule has 5 aromatic rings. The van der Waals surface area contributed by atoms with Gasteiger partial charge in [0.15, 0.2) is 0 Å². The highest BCUT2D eigenvalue weighted by Crippen LogP contribution is 2.31. The number of hydrogen-bond donors (Lipinski definition) is 0. The molecule has 1 aromatic heterocycles. The van der Waals surface area contributed by atoms with Gasteiger partial charge in [-0.1, -0.05) is 90.5 Å². The Balaban J connectivity index is 1.66. The van der Waals surface area contributed by atoms with Crippen LogP contribution in [0.15, 0.2) is 108 Å². The molecule has 0 N–H and O–H groups in total. The number of benzene rings is 4. The molecule has 0 aliphatic rings. The van der Waals surface area contributed by atoms with Gasteiger partial charge >= 0.3 is 0 Å². The summed E-state index contributed by atoms with van der Waals surface area (Å²) in [5.41, 5.74) is 3.51. The lowest BCUT2D eigenvalue weighted by Gasteiger charge is -2.32. The van der Waals surface area contributed by atoms with E-state index >= 15 is 0 Å². The fourth-order valence-corrected chi connectivity index (χ4v) is 5.38. The van der Waals surface area contributed by atoms with Crippen molar-refractivity contribution < 1.29 is 4.79 Å². The molecule has 0 spiro atoms. The predicted octanol–water partition coefficient (Wildman–Crippen LogP) is 7.46. The summed E-state index contributed by atoms with van der Waals surface area (Å²) in [5, 5.41) is 0.130. The van der Waals surface area contributed by atoms with Crippen molar-refractivity contribution in [3.05, 3.63) is 141 Å². The van der Waals surface area contributed by atoms with Gasteiger partial charge in [0.25, 0.3) is 5.56 Å². The molecule has 202 valence electrons. The summed E-state index contributed by atoms with van der Waals surface area (Å²) in [6.07, 6.45) is 0.614. The first kappa shape index (κ1) is 27.6. The van der Waals surface area contributed by atoms with E-state index in [1.54, 1.807) is 21.6 Å². The second-order valence-electron chi connectivity index (χ2n) is 9.73. The molecule has 0 aliphatic carbocycles. The van der Waals surface area contributed by atoms with Crippen LogP contribution in [0.4, 0.5) is 0 Å². The van der Waals surface area contributed by atoms with Crippen LogP contribution in [0.3, 0.4) is 0 Å². The topological polar surface area (TPSA) is 55.2 Å². The highest BCUT2D eigenvalue weighted by Gasteiger charge is 2.31. The summed E-state index contributed by atoms with van der Waals surface area (Å²) in [7, 11) is 0. The average molecular weight is 571 g/mol. The number of carbonyl (C=O) groups excluding carboxylic acids is 1. The van der Waals surface area contributed by atoms with Gasteiger partial charge in [-0.25, -0.2) is 4.98 Å². The lowest BCUT2D eigenvalue weighted by molar-refractivity contribution is -0.133. The molecule has 0 radical (unpaired) electrons. The minimum absolute atomic E-state index is 0.223. The first-order valence-electron chi connectivity index (χ1n) is 13.2. The Bertz CT molecular complexity index is 1700. The van der Waals surface area contributed by atoms with Gasteiger partial charge in [0.2, 0.25) is 5.91 Å². The van der Waals surface area contributed by atoms with Crippen molar-refractivity contribution in [2.24, 2.45) is 0 Å². The zero-order valence-corrected chi connectivity index (χ0v) is 23.8. The molecule has 0 aliphatic heterocycles. The maximum Gasteiger partial charge on any atom is 0.266 e. The van der Waals surface area contributed by atoms with Crippen molar-refractivity contribution >= 4 is 40.0 Å². The minimum Gasteiger partial charge on any atom is -0.331 e. The van der Waals surface area contributed by atoms with E-state index in [4.69, 9.17) is 28.2 Å². The third-order valence-electron chi connectivity index (χ3n) is 7.20. The smallest absolute Gasteiger partial charge is 0.266 e. The van der Waals surface area contributed by atoms with E-state index in [-0.39, 0.29) is 11.5 Å². The van der Waals surface area contributed by atoms with E-state index in [1.807, 2.05) is 105 Å². The molecule has 0 saturated heterocycles. The van der Waals surface area contributed by atoms with Crippen molar-refractivity contribution in [2.75, 3.05) is 6.54 Å². The maximum absolute atomic E-state index is 14.1. The summed E-state index contributed by atoms with van der Waals surface area (Å²) in [6.45, 7) is 4.15. The molecule has 7 heteroatoms. The number of alkyl halides is 1. The second-order valence-corrected chi connectivity index (χ2v) is 10.6. The highest BCUT2D eigenvalue weighted by molar-refractivity contribution is 6.31. The molecule has 1 amide bonds. The molecule has 5 nitrogen and oxygen atoms in total. The van der Waals surface area contributed by atoms with Crippen LogP contribution < -0.4 is 5.56 Å². The van der Waals surface area contributed by atoms with Gasteiger partial charge in [-0.3, -0.25) is 14.2 Å².